The molecule has 4 rings (SSSR count). The molecule has 35 heavy (non-hydrogen) atoms. The van der Waals surface area contributed by atoms with Gasteiger partial charge in [0.25, 0.3) is 0 Å². The highest BCUT2D eigenvalue weighted by Crippen LogP contribution is 2.30. The van der Waals surface area contributed by atoms with E-state index in [4.69, 9.17) is 10.5 Å². The molecule has 0 heterocycles. The minimum absolute atomic E-state index is 0.0660. The second kappa shape index (κ2) is 12.2. The maximum absolute atomic E-state index is 13.6. The molecule has 0 aliphatic heterocycles. The predicted molar refractivity (Wildman–Crippen MR) is 139 cm³/mol. The van der Waals surface area contributed by atoms with Crippen molar-refractivity contribution >= 4 is 17.5 Å². The van der Waals surface area contributed by atoms with Crippen LogP contribution in [0.15, 0.2) is 48.5 Å². The van der Waals surface area contributed by atoms with Crippen LogP contribution in [0.5, 0.6) is 5.75 Å². The second-order valence-corrected chi connectivity index (χ2v) is 10.1. The Kier molecular flexibility index (Phi) is 8.80. The average Bonchev–Trinajstić information content (AvgIpc) is 2.88. The maximum atomic E-state index is 13.6. The monoisotopic (exact) mass is 477 g/mol. The summed E-state index contributed by atoms with van der Waals surface area (Å²) < 4.78 is 5.18. The maximum Gasteiger partial charge on any atom is 0.228 e. The number of benzene rings is 2. The van der Waals surface area contributed by atoms with Gasteiger partial charge in [0.05, 0.1) is 13.5 Å². The first kappa shape index (κ1) is 25.2. The zero-order valence-electron chi connectivity index (χ0n) is 20.9. The van der Waals surface area contributed by atoms with E-state index < -0.39 is 0 Å². The molecule has 2 fully saturated rings. The molecule has 2 aliphatic carbocycles. The van der Waals surface area contributed by atoms with Crippen LogP contribution in [0, 0.1) is 5.92 Å². The Bertz CT molecular complexity index is 977. The number of amides is 2. The molecule has 0 atom stereocenters. The van der Waals surface area contributed by atoms with E-state index in [0.29, 0.717) is 18.9 Å². The lowest BCUT2D eigenvalue weighted by Crippen LogP contribution is -2.46. The molecule has 0 spiro atoms. The molecule has 2 amide bonds. The minimum Gasteiger partial charge on any atom is -0.497 e. The van der Waals surface area contributed by atoms with Crippen molar-refractivity contribution in [1.29, 1.82) is 0 Å². The van der Waals surface area contributed by atoms with Gasteiger partial charge in [-0.2, -0.15) is 0 Å². The topological polar surface area (TPSA) is 84.7 Å². The largest absolute Gasteiger partial charge is 0.497 e. The Morgan fingerprint density at radius 2 is 1.66 bits per heavy atom. The van der Waals surface area contributed by atoms with Crippen LogP contribution in [0.1, 0.15) is 68.9 Å². The van der Waals surface area contributed by atoms with E-state index in [2.05, 4.69) is 16.3 Å². The fraction of sp³-hybridized carbons (Fsp3) is 0.517. The molecular weight excluding hydrogens is 438 g/mol. The summed E-state index contributed by atoms with van der Waals surface area (Å²) in [7, 11) is 1.63. The standard InChI is InChI=1S/C29H39N3O3/c1-35-27-16-10-21(11-17-27)19-28(33)31-25-9-5-6-22(18-25)20-32(26-14-12-24(30)13-15-26)29(34)23-7-3-2-4-8-23/h5-6,9-11,16-18,23-24,26H,2-4,7-8,12-15,19-20,30H2,1H3,(H,31,33). The average molecular weight is 478 g/mol. The van der Waals surface area contributed by atoms with Gasteiger partial charge in [-0.1, -0.05) is 43.5 Å². The van der Waals surface area contributed by atoms with Crippen LogP contribution < -0.4 is 15.8 Å². The van der Waals surface area contributed by atoms with E-state index in [9.17, 15) is 9.59 Å². The molecular formula is C29H39N3O3. The lowest BCUT2D eigenvalue weighted by molar-refractivity contribution is -0.140. The van der Waals surface area contributed by atoms with Gasteiger partial charge in [0.2, 0.25) is 11.8 Å². The zero-order chi connectivity index (χ0) is 24.6. The first-order chi connectivity index (χ1) is 17.0. The number of ether oxygens (including phenoxy) is 1. The van der Waals surface area contributed by atoms with Crippen molar-refractivity contribution < 1.29 is 14.3 Å². The van der Waals surface area contributed by atoms with Crippen LogP contribution in [0.3, 0.4) is 0 Å². The van der Waals surface area contributed by atoms with Crippen molar-refractivity contribution in [2.24, 2.45) is 11.7 Å². The molecule has 0 unspecified atom stereocenters. The van der Waals surface area contributed by atoms with Gasteiger partial charge >= 0.3 is 0 Å². The summed E-state index contributed by atoms with van der Waals surface area (Å²) >= 11 is 0. The van der Waals surface area contributed by atoms with Crippen LogP contribution in [0.25, 0.3) is 0 Å². The van der Waals surface area contributed by atoms with Gasteiger partial charge in [0.15, 0.2) is 0 Å². The third-order valence-corrected chi connectivity index (χ3v) is 7.51. The van der Waals surface area contributed by atoms with E-state index in [1.165, 1.54) is 6.42 Å². The quantitative estimate of drug-likeness (QED) is 0.557. The van der Waals surface area contributed by atoms with Gasteiger partial charge in [-0.3, -0.25) is 9.59 Å². The number of anilines is 1. The Labute approximate surface area is 209 Å². The van der Waals surface area contributed by atoms with Crippen LogP contribution in [0.2, 0.25) is 0 Å². The number of rotatable bonds is 8. The van der Waals surface area contributed by atoms with Crippen LogP contribution in [0.4, 0.5) is 5.69 Å². The van der Waals surface area contributed by atoms with Crippen LogP contribution in [-0.2, 0) is 22.6 Å². The first-order valence-electron chi connectivity index (χ1n) is 13.1. The van der Waals surface area contributed by atoms with Crippen LogP contribution in [-0.4, -0.2) is 35.9 Å². The Balaban J connectivity index is 1.43. The molecule has 0 radical (unpaired) electrons. The van der Waals surface area contributed by atoms with Crippen molar-refractivity contribution in [3.8, 4) is 5.75 Å². The van der Waals surface area contributed by atoms with E-state index in [-0.39, 0.29) is 23.9 Å². The fourth-order valence-electron chi connectivity index (χ4n) is 5.46. The molecule has 0 saturated heterocycles. The molecule has 2 aromatic rings. The van der Waals surface area contributed by atoms with Gasteiger partial charge in [-0.15, -0.1) is 0 Å². The lowest BCUT2D eigenvalue weighted by Gasteiger charge is -2.39. The van der Waals surface area contributed by atoms with E-state index in [1.807, 2.05) is 42.5 Å². The van der Waals surface area contributed by atoms with Crippen molar-refractivity contribution in [1.82, 2.24) is 4.90 Å². The van der Waals surface area contributed by atoms with Crippen molar-refractivity contribution in [3.63, 3.8) is 0 Å². The fourth-order valence-corrected chi connectivity index (χ4v) is 5.46. The van der Waals surface area contributed by atoms with Crippen LogP contribution >= 0.6 is 0 Å². The first-order valence-corrected chi connectivity index (χ1v) is 13.1. The number of hydrogen-bond acceptors (Lipinski definition) is 4. The normalized spacial score (nSPS) is 20.7. The number of nitrogens with one attached hydrogen (secondary N) is 1. The highest BCUT2D eigenvalue weighted by atomic mass is 16.5. The number of carbonyl (C=O) groups is 2. The molecule has 0 aromatic heterocycles. The molecule has 6 nitrogen and oxygen atoms in total. The Morgan fingerprint density at radius 3 is 2.34 bits per heavy atom. The molecule has 2 saturated carbocycles. The predicted octanol–water partition coefficient (Wildman–Crippen LogP) is 5.06. The Morgan fingerprint density at radius 1 is 0.943 bits per heavy atom. The smallest absolute Gasteiger partial charge is 0.228 e. The van der Waals surface area contributed by atoms with E-state index in [1.54, 1.807) is 7.11 Å². The zero-order valence-corrected chi connectivity index (χ0v) is 20.9. The number of methoxy groups -OCH3 is 1. The summed E-state index contributed by atoms with van der Waals surface area (Å²) in [6.07, 6.45) is 9.72. The lowest BCUT2D eigenvalue weighted by atomic mass is 9.85. The molecule has 2 aliphatic rings. The second-order valence-electron chi connectivity index (χ2n) is 10.1. The van der Waals surface area contributed by atoms with Gasteiger partial charge in [0, 0.05) is 30.2 Å². The van der Waals surface area contributed by atoms with Gasteiger partial charge < -0.3 is 20.7 Å². The summed E-state index contributed by atoms with van der Waals surface area (Å²) in [5, 5.41) is 3.02. The SMILES string of the molecule is COc1ccc(CC(=O)Nc2cccc(CN(C(=O)C3CCCCC3)C3CCC(N)CC3)c2)cc1. The third-order valence-electron chi connectivity index (χ3n) is 7.51. The van der Waals surface area contributed by atoms with Crippen molar-refractivity contribution in [2.75, 3.05) is 12.4 Å². The van der Waals surface area contributed by atoms with Gasteiger partial charge in [-0.05, 0) is 73.9 Å². The highest BCUT2D eigenvalue weighted by molar-refractivity contribution is 5.92. The van der Waals surface area contributed by atoms with Gasteiger partial charge in [0.1, 0.15) is 5.75 Å². The van der Waals surface area contributed by atoms with E-state index >= 15 is 0 Å². The van der Waals surface area contributed by atoms with Gasteiger partial charge in [-0.25, -0.2) is 0 Å². The van der Waals surface area contributed by atoms with Crippen molar-refractivity contribution in [3.05, 3.63) is 59.7 Å². The summed E-state index contributed by atoms with van der Waals surface area (Å²) in [6, 6.07) is 15.9. The number of hydrogen-bond donors (Lipinski definition) is 2. The summed E-state index contributed by atoms with van der Waals surface area (Å²) in [5.74, 6) is 1.16. The highest BCUT2D eigenvalue weighted by Gasteiger charge is 2.32. The Hall–Kier alpha value is -2.86. The van der Waals surface area contributed by atoms with Crippen molar-refractivity contribution in [2.45, 2.75) is 82.8 Å². The summed E-state index contributed by atoms with van der Waals surface area (Å²) in [5.41, 5.74) is 8.89. The number of nitrogens with zero attached hydrogens (tertiary/aromatic N) is 1. The number of carbonyl (C=O) groups excluding carboxylic acids is 2. The molecule has 0 bridgehead atoms. The summed E-state index contributed by atoms with van der Waals surface area (Å²) in [6.45, 7) is 0.581. The molecule has 188 valence electrons. The van der Waals surface area contributed by atoms with E-state index in [0.717, 1.165) is 73.9 Å². The minimum atomic E-state index is -0.0660. The third kappa shape index (κ3) is 7.07. The summed E-state index contributed by atoms with van der Waals surface area (Å²) in [4.78, 5) is 28.4. The molecule has 2 aromatic carbocycles. The molecule has 6 heteroatoms. The molecule has 3 N–H and O–H groups in total. The number of nitrogens with two attached hydrogens (primary N) is 1.